The van der Waals surface area contributed by atoms with Crippen molar-refractivity contribution in [2.24, 2.45) is 0 Å². The molecular formula is C9H8N6. The largest absolute Gasteiger partial charge is 0.397 e. The Hall–Kier alpha value is -2.37. The lowest BCUT2D eigenvalue weighted by Crippen LogP contribution is -1.85. The summed E-state index contributed by atoms with van der Waals surface area (Å²) in [6, 6.07) is 5.61. The van der Waals surface area contributed by atoms with E-state index in [0.717, 1.165) is 11.0 Å². The minimum Gasteiger partial charge on any atom is -0.397 e. The maximum Gasteiger partial charge on any atom is 0.160 e. The Bertz CT molecular complexity index is 594. The number of H-pyrrole nitrogens is 2. The Morgan fingerprint density at radius 2 is 2.20 bits per heavy atom. The minimum atomic E-state index is 0.651. The van der Waals surface area contributed by atoms with Gasteiger partial charge in [-0.25, -0.2) is 4.98 Å². The highest BCUT2D eigenvalue weighted by molar-refractivity contribution is 5.88. The molecule has 0 aliphatic rings. The molecule has 3 rings (SSSR count). The number of benzene rings is 1. The van der Waals surface area contributed by atoms with Crippen molar-refractivity contribution in [1.82, 2.24) is 25.4 Å². The molecule has 0 fully saturated rings. The smallest absolute Gasteiger partial charge is 0.160 e. The van der Waals surface area contributed by atoms with Crippen molar-refractivity contribution in [2.45, 2.75) is 0 Å². The third-order valence-corrected chi connectivity index (χ3v) is 2.20. The maximum atomic E-state index is 5.80. The summed E-state index contributed by atoms with van der Waals surface area (Å²) in [4.78, 5) is 7.48. The van der Waals surface area contributed by atoms with E-state index in [1.165, 1.54) is 0 Å². The zero-order valence-electron chi connectivity index (χ0n) is 7.73. The number of aromatic nitrogens is 5. The highest BCUT2D eigenvalue weighted by Gasteiger charge is 2.08. The molecule has 15 heavy (non-hydrogen) atoms. The Morgan fingerprint density at radius 1 is 1.27 bits per heavy atom. The average Bonchev–Trinajstić information content (AvgIpc) is 2.86. The molecule has 0 amide bonds. The van der Waals surface area contributed by atoms with Gasteiger partial charge in [0.05, 0.1) is 17.4 Å². The van der Waals surface area contributed by atoms with Crippen LogP contribution in [0.5, 0.6) is 0 Å². The van der Waals surface area contributed by atoms with Crippen LogP contribution < -0.4 is 5.73 Å². The Balaban J connectivity index is 2.27. The highest BCUT2D eigenvalue weighted by Crippen LogP contribution is 2.21. The van der Waals surface area contributed by atoms with Gasteiger partial charge in [-0.2, -0.15) is 15.4 Å². The molecule has 0 atom stereocenters. The summed E-state index contributed by atoms with van der Waals surface area (Å²) in [6.07, 6.45) is 1.61. The van der Waals surface area contributed by atoms with E-state index in [4.69, 9.17) is 5.73 Å². The summed E-state index contributed by atoms with van der Waals surface area (Å²) < 4.78 is 0. The van der Waals surface area contributed by atoms with Gasteiger partial charge in [0.25, 0.3) is 0 Å². The Labute approximate surface area is 84.5 Å². The van der Waals surface area contributed by atoms with Gasteiger partial charge in [-0.3, -0.25) is 0 Å². The van der Waals surface area contributed by atoms with Crippen LogP contribution in [0.4, 0.5) is 5.69 Å². The van der Waals surface area contributed by atoms with Gasteiger partial charge in [0.15, 0.2) is 5.82 Å². The number of nitrogens with zero attached hydrogens (tertiary/aromatic N) is 3. The van der Waals surface area contributed by atoms with Crippen LogP contribution in [-0.4, -0.2) is 25.4 Å². The second kappa shape index (κ2) is 2.81. The number of imidazole rings is 1. The van der Waals surface area contributed by atoms with Gasteiger partial charge < -0.3 is 10.7 Å². The Kier molecular flexibility index (Phi) is 1.49. The molecule has 0 unspecified atom stereocenters. The van der Waals surface area contributed by atoms with Crippen molar-refractivity contribution in [3.8, 4) is 11.5 Å². The van der Waals surface area contributed by atoms with Gasteiger partial charge in [0.2, 0.25) is 0 Å². The first-order chi connectivity index (χ1) is 7.34. The van der Waals surface area contributed by atoms with E-state index >= 15 is 0 Å². The lowest BCUT2D eigenvalue weighted by atomic mass is 10.3. The fourth-order valence-electron chi connectivity index (χ4n) is 1.49. The predicted molar refractivity (Wildman–Crippen MR) is 55.9 cm³/mol. The van der Waals surface area contributed by atoms with E-state index < -0.39 is 0 Å². The van der Waals surface area contributed by atoms with Crippen LogP contribution in [0.15, 0.2) is 24.4 Å². The van der Waals surface area contributed by atoms with E-state index in [1.807, 2.05) is 18.2 Å². The molecule has 2 heterocycles. The fraction of sp³-hybridized carbons (Fsp3) is 0. The van der Waals surface area contributed by atoms with Crippen LogP contribution in [0.25, 0.3) is 22.6 Å². The van der Waals surface area contributed by atoms with Crippen molar-refractivity contribution in [3.05, 3.63) is 24.4 Å². The molecular weight excluding hydrogens is 192 g/mol. The van der Waals surface area contributed by atoms with Gasteiger partial charge in [-0.15, -0.1) is 0 Å². The number of nitrogens with two attached hydrogens (primary N) is 1. The monoisotopic (exact) mass is 200 g/mol. The van der Waals surface area contributed by atoms with Crippen LogP contribution in [0.1, 0.15) is 0 Å². The zero-order valence-corrected chi connectivity index (χ0v) is 7.73. The molecule has 0 bridgehead atoms. The number of nitrogen functional groups attached to an aromatic ring is 1. The quantitative estimate of drug-likeness (QED) is 0.509. The molecule has 6 heteroatoms. The van der Waals surface area contributed by atoms with Crippen LogP contribution in [-0.2, 0) is 0 Å². The number of fused-ring (bicyclic) bond motifs is 1. The molecule has 1 aromatic carbocycles. The molecule has 0 aliphatic heterocycles. The van der Waals surface area contributed by atoms with Gasteiger partial charge in [-0.1, -0.05) is 6.07 Å². The normalized spacial score (nSPS) is 10.9. The summed E-state index contributed by atoms with van der Waals surface area (Å²) in [6.45, 7) is 0. The zero-order chi connectivity index (χ0) is 10.3. The first kappa shape index (κ1) is 7.98. The fourth-order valence-corrected chi connectivity index (χ4v) is 1.49. The van der Waals surface area contributed by atoms with Crippen molar-refractivity contribution in [1.29, 1.82) is 0 Å². The second-order valence-corrected chi connectivity index (χ2v) is 3.18. The van der Waals surface area contributed by atoms with E-state index in [2.05, 4.69) is 25.4 Å². The summed E-state index contributed by atoms with van der Waals surface area (Å²) in [5.41, 5.74) is 8.78. The number of hydrogen-bond donors (Lipinski definition) is 3. The second-order valence-electron chi connectivity index (χ2n) is 3.18. The van der Waals surface area contributed by atoms with Crippen molar-refractivity contribution >= 4 is 16.7 Å². The number of para-hydroxylation sites is 1. The summed E-state index contributed by atoms with van der Waals surface area (Å²) >= 11 is 0. The van der Waals surface area contributed by atoms with Crippen LogP contribution in [0, 0.1) is 0 Å². The summed E-state index contributed by atoms with van der Waals surface area (Å²) in [7, 11) is 0. The van der Waals surface area contributed by atoms with Crippen molar-refractivity contribution < 1.29 is 0 Å². The summed E-state index contributed by atoms with van der Waals surface area (Å²) in [5, 5.41) is 10.2. The lowest BCUT2D eigenvalue weighted by molar-refractivity contribution is 0.940. The third kappa shape index (κ3) is 1.15. The highest BCUT2D eigenvalue weighted by atomic mass is 15.3. The number of aromatic amines is 2. The van der Waals surface area contributed by atoms with Crippen LogP contribution >= 0.6 is 0 Å². The first-order valence-electron chi connectivity index (χ1n) is 4.45. The number of nitrogens with one attached hydrogen (secondary N) is 2. The van der Waals surface area contributed by atoms with E-state index in [1.54, 1.807) is 6.20 Å². The van der Waals surface area contributed by atoms with Gasteiger partial charge in [0, 0.05) is 0 Å². The number of anilines is 1. The lowest BCUT2D eigenvalue weighted by Gasteiger charge is -1.90. The van der Waals surface area contributed by atoms with Crippen molar-refractivity contribution in [2.75, 3.05) is 5.73 Å². The van der Waals surface area contributed by atoms with Gasteiger partial charge >= 0.3 is 0 Å². The molecule has 0 saturated carbocycles. The molecule has 0 spiro atoms. The SMILES string of the molecule is Nc1cccc2[nH]c(-c3cn[nH]n3)nc12. The predicted octanol–water partition coefficient (Wildman–Crippen LogP) is 0.930. The van der Waals surface area contributed by atoms with E-state index in [0.29, 0.717) is 17.2 Å². The molecule has 0 aliphatic carbocycles. The molecule has 74 valence electrons. The van der Waals surface area contributed by atoms with Crippen LogP contribution in [0.3, 0.4) is 0 Å². The van der Waals surface area contributed by atoms with E-state index in [-0.39, 0.29) is 0 Å². The average molecular weight is 200 g/mol. The molecule has 6 nitrogen and oxygen atoms in total. The molecule has 0 saturated heterocycles. The first-order valence-corrected chi connectivity index (χ1v) is 4.45. The summed E-state index contributed by atoms with van der Waals surface area (Å²) in [5.74, 6) is 0.664. The molecule has 2 aromatic heterocycles. The molecule has 0 radical (unpaired) electrons. The van der Waals surface area contributed by atoms with Crippen LogP contribution in [0.2, 0.25) is 0 Å². The Morgan fingerprint density at radius 3 is 2.93 bits per heavy atom. The number of hydrogen-bond acceptors (Lipinski definition) is 4. The van der Waals surface area contributed by atoms with Gasteiger partial charge in [0.1, 0.15) is 11.2 Å². The van der Waals surface area contributed by atoms with Crippen molar-refractivity contribution in [3.63, 3.8) is 0 Å². The molecule has 3 aromatic rings. The number of rotatable bonds is 1. The van der Waals surface area contributed by atoms with Gasteiger partial charge in [-0.05, 0) is 12.1 Å². The third-order valence-electron chi connectivity index (χ3n) is 2.20. The standard InChI is InChI=1S/C9H8N6/c10-5-2-1-3-6-8(5)13-9(12-6)7-4-11-15-14-7/h1-4H,10H2,(H,12,13)(H,11,14,15). The van der Waals surface area contributed by atoms with E-state index in [9.17, 15) is 0 Å². The molecule has 4 N–H and O–H groups in total. The maximum absolute atomic E-state index is 5.80. The minimum absolute atomic E-state index is 0.651. The topological polar surface area (TPSA) is 96.3 Å².